The van der Waals surface area contributed by atoms with Gasteiger partial charge in [0.05, 0.1) is 22.7 Å². The maximum atomic E-state index is 13.7. The Labute approximate surface area is 222 Å². The van der Waals surface area contributed by atoms with Crippen molar-refractivity contribution >= 4 is 39.1 Å². The van der Waals surface area contributed by atoms with E-state index in [4.69, 9.17) is 16.3 Å². The minimum atomic E-state index is -4.16. The number of hydrogen-bond donors (Lipinski definition) is 1. The van der Waals surface area contributed by atoms with Crippen molar-refractivity contribution in [1.29, 1.82) is 0 Å². The van der Waals surface area contributed by atoms with Crippen LogP contribution in [0, 0.1) is 0 Å². The molecule has 0 saturated heterocycles. The molecule has 1 N–H and O–H groups in total. The van der Waals surface area contributed by atoms with Crippen LogP contribution in [0.15, 0.2) is 83.8 Å². The Hall–Kier alpha value is -3.56. The van der Waals surface area contributed by atoms with Crippen LogP contribution >= 0.6 is 11.6 Å². The summed E-state index contributed by atoms with van der Waals surface area (Å²) in [6, 6.07) is 20.7. The lowest BCUT2D eigenvalue weighted by molar-refractivity contribution is -0.139. The highest BCUT2D eigenvalue weighted by molar-refractivity contribution is 7.92. The van der Waals surface area contributed by atoms with Gasteiger partial charge in [-0.25, -0.2) is 8.42 Å². The molecule has 0 heterocycles. The van der Waals surface area contributed by atoms with Crippen molar-refractivity contribution in [3.63, 3.8) is 0 Å². The zero-order chi connectivity index (χ0) is 27.0. The van der Waals surface area contributed by atoms with Gasteiger partial charge in [0.2, 0.25) is 11.8 Å². The number of amides is 2. The minimum Gasteiger partial charge on any atom is -0.495 e. The number of likely N-dealkylation sites (N-methyl/N-ethyl adjacent to an activating group) is 1. The maximum absolute atomic E-state index is 13.7. The molecule has 1 atom stereocenters. The molecule has 37 heavy (non-hydrogen) atoms. The van der Waals surface area contributed by atoms with Gasteiger partial charge in [-0.3, -0.25) is 13.9 Å². The van der Waals surface area contributed by atoms with E-state index >= 15 is 0 Å². The van der Waals surface area contributed by atoms with Crippen molar-refractivity contribution in [2.45, 2.75) is 31.3 Å². The van der Waals surface area contributed by atoms with E-state index in [0.29, 0.717) is 12.3 Å². The first-order valence-corrected chi connectivity index (χ1v) is 13.5. The predicted octanol–water partition coefficient (Wildman–Crippen LogP) is 4.10. The van der Waals surface area contributed by atoms with Crippen LogP contribution in [-0.2, 0) is 26.2 Å². The molecule has 0 unspecified atom stereocenters. The summed E-state index contributed by atoms with van der Waals surface area (Å²) in [5.74, 6) is -0.518. The highest BCUT2D eigenvalue weighted by Gasteiger charge is 2.32. The van der Waals surface area contributed by atoms with Crippen LogP contribution in [0.25, 0.3) is 0 Å². The number of ether oxygens (including phenoxy) is 1. The van der Waals surface area contributed by atoms with E-state index in [1.165, 1.54) is 42.3 Å². The number of carbonyl (C=O) groups excluding carboxylic acids is 2. The van der Waals surface area contributed by atoms with Crippen LogP contribution in [0.4, 0.5) is 5.69 Å². The molecule has 2 amide bonds. The van der Waals surface area contributed by atoms with Gasteiger partial charge in [-0.2, -0.15) is 0 Å². The van der Waals surface area contributed by atoms with E-state index in [9.17, 15) is 18.0 Å². The summed E-state index contributed by atoms with van der Waals surface area (Å²) in [5.41, 5.74) is 0.991. The Morgan fingerprint density at radius 3 is 2.19 bits per heavy atom. The molecule has 0 fully saturated rings. The maximum Gasteiger partial charge on any atom is 0.264 e. The zero-order valence-electron chi connectivity index (χ0n) is 20.9. The third-order valence-electron chi connectivity index (χ3n) is 5.75. The fourth-order valence-corrected chi connectivity index (χ4v) is 5.42. The number of carbonyl (C=O) groups is 2. The van der Waals surface area contributed by atoms with Gasteiger partial charge in [0.15, 0.2) is 0 Å². The molecular weight excluding hydrogens is 514 g/mol. The molecule has 0 aliphatic carbocycles. The largest absolute Gasteiger partial charge is 0.495 e. The summed E-state index contributed by atoms with van der Waals surface area (Å²) in [4.78, 5) is 27.8. The monoisotopic (exact) mass is 543 g/mol. The summed E-state index contributed by atoms with van der Waals surface area (Å²) in [5, 5.41) is 2.92. The summed E-state index contributed by atoms with van der Waals surface area (Å²) >= 11 is 6.31. The van der Waals surface area contributed by atoms with Crippen molar-refractivity contribution in [1.82, 2.24) is 10.2 Å². The molecule has 196 valence electrons. The second-order valence-electron chi connectivity index (χ2n) is 8.22. The molecular formula is C27H30ClN3O5S. The van der Waals surface area contributed by atoms with Crippen molar-refractivity contribution in [3.05, 3.63) is 89.4 Å². The number of benzene rings is 3. The number of sulfonamides is 1. The van der Waals surface area contributed by atoms with Gasteiger partial charge in [-0.1, -0.05) is 60.1 Å². The molecule has 3 aromatic rings. The number of methoxy groups -OCH3 is 1. The van der Waals surface area contributed by atoms with E-state index in [0.717, 1.165) is 9.87 Å². The normalized spacial score (nSPS) is 11.9. The zero-order valence-corrected chi connectivity index (χ0v) is 22.5. The van der Waals surface area contributed by atoms with Gasteiger partial charge in [0.25, 0.3) is 10.0 Å². The summed E-state index contributed by atoms with van der Waals surface area (Å²) in [6.07, 6.45) is 0. The molecule has 0 bridgehead atoms. The fourth-order valence-electron chi connectivity index (χ4n) is 3.74. The third-order valence-corrected chi connectivity index (χ3v) is 7.83. The molecule has 0 radical (unpaired) electrons. The van der Waals surface area contributed by atoms with Crippen LogP contribution < -0.4 is 14.4 Å². The first-order valence-electron chi connectivity index (χ1n) is 11.7. The van der Waals surface area contributed by atoms with Crippen LogP contribution in [-0.4, -0.2) is 51.4 Å². The van der Waals surface area contributed by atoms with E-state index in [1.54, 1.807) is 32.0 Å². The van der Waals surface area contributed by atoms with Gasteiger partial charge in [0.1, 0.15) is 18.3 Å². The van der Waals surface area contributed by atoms with Crippen LogP contribution in [0.3, 0.4) is 0 Å². The minimum absolute atomic E-state index is 0.0149. The first kappa shape index (κ1) is 28.0. The summed E-state index contributed by atoms with van der Waals surface area (Å²) < 4.78 is 33.6. The van der Waals surface area contributed by atoms with E-state index in [1.807, 2.05) is 30.3 Å². The molecule has 3 rings (SSSR count). The smallest absolute Gasteiger partial charge is 0.264 e. The molecule has 8 nitrogen and oxygen atoms in total. The van der Waals surface area contributed by atoms with Crippen LogP contribution in [0.5, 0.6) is 5.75 Å². The average molecular weight is 544 g/mol. The van der Waals surface area contributed by atoms with Crippen molar-refractivity contribution in [2.75, 3.05) is 24.5 Å². The quantitative estimate of drug-likeness (QED) is 0.393. The topological polar surface area (TPSA) is 96.0 Å². The van der Waals surface area contributed by atoms with E-state index in [2.05, 4.69) is 5.32 Å². The van der Waals surface area contributed by atoms with Gasteiger partial charge >= 0.3 is 0 Å². The number of nitrogens with zero attached hydrogens (tertiary/aromatic N) is 2. The Morgan fingerprint density at radius 2 is 1.62 bits per heavy atom. The average Bonchev–Trinajstić information content (AvgIpc) is 2.91. The summed E-state index contributed by atoms with van der Waals surface area (Å²) in [6.45, 7) is 3.38. The predicted molar refractivity (Wildman–Crippen MR) is 144 cm³/mol. The Morgan fingerprint density at radius 1 is 1.00 bits per heavy atom. The van der Waals surface area contributed by atoms with E-state index < -0.39 is 28.5 Å². The molecule has 0 aromatic heterocycles. The number of hydrogen-bond acceptors (Lipinski definition) is 5. The third kappa shape index (κ3) is 6.81. The molecule has 0 aliphatic heterocycles. The lowest BCUT2D eigenvalue weighted by atomic mass is 10.1. The fraction of sp³-hybridized carbons (Fsp3) is 0.259. The molecule has 10 heteroatoms. The second kappa shape index (κ2) is 12.6. The van der Waals surface area contributed by atoms with Gasteiger partial charge in [-0.15, -0.1) is 0 Å². The van der Waals surface area contributed by atoms with Crippen molar-refractivity contribution in [3.8, 4) is 5.75 Å². The van der Waals surface area contributed by atoms with Gasteiger partial charge in [0, 0.05) is 13.1 Å². The van der Waals surface area contributed by atoms with Crippen LogP contribution in [0.1, 0.15) is 19.4 Å². The number of rotatable bonds is 11. The standard InChI is InChI=1S/C27H30ClN3O5S/c1-4-29-27(33)20(2)30(18-21-11-7-5-8-12-21)26(32)19-31(22-15-16-25(36-3)24(28)17-22)37(34,35)23-13-9-6-10-14-23/h5-17,20H,4,18-19H2,1-3H3,(H,29,33)/t20-/m0/s1. The lowest BCUT2D eigenvalue weighted by Crippen LogP contribution is -2.51. The van der Waals surface area contributed by atoms with Crippen molar-refractivity contribution in [2.24, 2.45) is 0 Å². The molecule has 3 aromatic carbocycles. The van der Waals surface area contributed by atoms with E-state index in [-0.39, 0.29) is 28.1 Å². The Balaban J connectivity index is 2.04. The van der Waals surface area contributed by atoms with Crippen LogP contribution in [0.2, 0.25) is 5.02 Å². The highest BCUT2D eigenvalue weighted by Crippen LogP contribution is 2.32. The number of halogens is 1. The van der Waals surface area contributed by atoms with Gasteiger partial charge < -0.3 is 15.0 Å². The SMILES string of the molecule is CCNC(=O)[C@H](C)N(Cc1ccccc1)C(=O)CN(c1ccc(OC)c(Cl)c1)S(=O)(=O)c1ccccc1. The van der Waals surface area contributed by atoms with Crippen molar-refractivity contribution < 1.29 is 22.7 Å². The molecule has 0 aliphatic rings. The molecule has 0 spiro atoms. The highest BCUT2D eigenvalue weighted by atomic mass is 35.5. The second-order valence-corrected chi connectivity index (χ2v) is 10.5. The number of nitrogens with one attached hydrogen (secondary N) is 1. The van der Waals surface area contributed by atoms with Gasteiger partial charge in [-0.05, 0) is 49.7 Å². The summed E-state index contributed by atoms with van der Waals surface area (Å²) in [7, 11) is -2.71. The lowest BCUT2D eigenvalue weighted by Gasteiger charge is -2.32. The Kier molecular flexibility index (Phi) is 9.54. The molecule has 0 saturated carbocycles. The first-order chi connectivity index (χ1) is 17.7. The Bertz CT molecular complexity index is 1320. The number of anilines is 1.